The summed E-state index contributed by atoms with van der Waals surface area (Å²) >= 11 is 0. The van der Waals surface area contributed by atoms with Gasteiger partial charge in [-0.2, -0.15) is 0 Å². The summed E-state index contributed by atoms with van der Waals surface area (Å²) in [5.74, 6) is 0.192. The molecule has 2 nitrogen and oxygen atoms in total. The average Bonchev–Trinajstić information content (AvgIpc) is 2.93. The van der Waals surface area contributed by atoms with Crippen LogP contribution in [-0.2, 0) is 5.54 Å². The van der Waals surface area contributed by atoms with Crippen LogP contribution in [0.2, 0.25) is 0 Å². The highest BCUT2D eigenvalue weighted by Crippen LogP contribution is 2.55. The number of carbonyl (C=O) groups is 1. The monoisotopic (exact) mass is 187 g/mol. The van der Waals surface area contributed by atoms with Crippen LogP contribution in [0.4, 0.5) is 0 Å². The molecule has 2 heteroatoms. The maximum Gasteiger partial charge on any atom is 0.254 e. The van der Waals surface area contributed by atoms with Crippen molar-refractivity contribution >= 4 is 5.91 Å². The summed E-state index contributed by atoms with van der Waals surface area (Å²) in [7, 11) is 1.92. The largest absolute Gasteiger partial charge is 0.332 e. The Balaban J connectivity index is 2.27. The molecule has 1 aliphatic carbocycles. The smallest absolute Gasteiger partial charge is 0.254 e. The number of aryl methyl sites for hydroxylation is 1. The normalized spacial score (nSPS) is 21.6. The van der Waals surface area contributed by atoms with Gasteiger partial charge in [0.2, 0.25) is 0 Å². The molecule has 72 valence electrons. The maximum absolute atomic E-state index is 11.9. The van der Waals surface area contributed by atoms with Crippen molar-refractivity contribution in [1.82, 2.24) is 4.90 Å². The predicted molar refractivity (Wildman–Crippen MR) is 54.2 cm³/mol. The van der Waals surface area contributed by atoms with Gasteiger partial charge in [-0.3, -0.25) is 4.79 Å². The fourth-order valence-corrected chi connectivity index (χ4v) is 2.51. The lowest BCUT2D eigenvalue weighted by Gasteiger charge is -2.19. The second kappa shape index (κ2) is 2.19. The topological polar surface area (TPSA) is 20.3 Å². The molecular weight excluding hydrogens is 174 g/mol. The molecule has 0 atom stereocenters. The van der Waals surface area contributed by atoms with Crippen LogP contribution in [0.3, 0.4) is 0 Å². The standard InChI is InChI=1S/C12H13NO/c1-8-3-4-9-10(7-8)12(5-6-12)13(2)11(9)14/h3-4,7H,5-6H2,1-2H3. The van der Waals surface area contributed by atoms with Crippen molar-refractivity contribution in [1.29, 1.82) is 0 Å². The third kappa shape index (κ3) is 0.746. The third-order valence-electron chi connectivity index (χ3n) is 3.58. The molecular formula is C12H13NO. The Morgan fingerprint density at radius 3 is 2.71 bits per heavy atom. The molecule has 0 aromatic heterocycles. The van der Waals surface area contributed by atoms with E-state index >= 15 is 0 Å². The number of amides is 1. The predicted octanol–water partition coefficient (Wildman–Crippen LogP) is 2.07. The third-order valence-corrected chi connectivity index (χ3v) is 3.58. The summed E-state index contributed by atoms with van der Waals surface area (Å²) in [6.07, 6.45) is 2.26. The minimum absolute atomic E-state index is 0.0818. The van der Waals surface area contributed by atoms with Crippen molar-refractivity contribution in [3.05, 3.63) is 34.9 Å². The fourth-order valence-electron chi connectivity index (χ4n) is 2.51. The molecule has 0 unspecified atom stereocenters. The van der Waals surface area contributed by atoms with Crippen LogP contribution in [0.15, 0.2) is 18.2 Å². The fraction of sp³-hybridized carbons (Fsp3) is 0.417. The van der Waals surface area contributed by atoms with Gasteiger partial charge in [0.05, 0.1) is 5.54 Å². The van der Waals surface area contributed by atoms with E-state index in [1.54, 1.807) is 0 Å². The molecule has 3 rings (SSSR count). The first-order chi connectivity index (χ1) is 6.65. The van der Waals surface area contributed by atoms with Crippen LogP contribution in [0.5, 0.6) is 0 Å². The van der Waals surface area contributed by atoms with Crippen LogP contribution in [0, 0.1) is 6.92 Å². The SMILES string of the molecule is Cc1ccc2c(c1)C1(CC1)N(C)C2=O. The molecule has 2 aliphatic rings. The number of rotatable bonds is 0. The first-order valence-corrected chi connectivity index (χ1v) is 5.04. The van der Waals surface area contributed by atoms with Crippen molar-refractivity contribution in [2.75, 3.05) is 7.05 Å². The summed E-state index contributed by atoms with van der Waals surface area (Å²) in [5, 5.41) is 0. The average molecular weight is 187 g/mol. The Morgan fingerprint density at radius 1 is 1.36 bits per heavy atom. The molecule has 1 aromatic carbocycles. The second-order valence-corrected chi connectivity index (χ2v) is 4.44. The van der Waals surface area contributed by atoms with Gasteiger partial charge in [-0.15, -0.1) is 0 Å². The summed E-state index contributed by atoms with van der Waals surface area (Å²) in [6, 6.07) is 6.16. The second-order valence-electron chi connectivity index (χ2n) is 4.44. The molecule has 1 saturated carbocycles. The van der Waals surface area contributed by atoms with Gasteiger partial charge in [0.25, 0.3) is 5.91 Å². The minimum atomic E-state index is 0.0818. The number of benzene rings is 1. The van der Waals surface area contributed by atoms with Crippen LogP contribution in [0.1, 0.15) is 34.3 Å². The van der Waals surface area contributed by atoms with E-state index in [0.29, 0.717) is 0 Å². The van der Waals surface area contributed by atoms with E-state index in [9.17, 15) is 4.79 Å². The van der Waals surface area contributed by atoms with Crippen molar-refractivity contribution in [2.45, 2.75) is 25.3 Å². The molecule has 1 heterocycles. The minimum Gasteiger partial charge on any atom is -0.332 e. The van der Waals surface area contributed by atoms with E-state index in [1.165, 1.54) is 11.1 Å². The molecule has 0 N–H and O–H groups in total. The van der Waals surface area contributed by atoms with Gasteiger partial charge in [0, 0.05) is 12.6 Å². The molecule has 0 saturated heterocycles. The van der Waals surface area contributed by atoms with Gasteiger partial charge >= 0.3 is 0 Å². The summed E-state index contributed by atoms with van der Waals surface area (Å²) in [6.45, 7) is 2.08. The van der Waals surface area contributed by atoms with Crippen molar-refractivity contribution in [3.63, 3.8) is 0 Å². The zero-order valence-electron chi connectivity index (χ0n) is 8.50. The molecule has 1 aromatic rings. The van der Waals surface area contributed by atoms with Crippen molar-refractivity contribution < 1.29 is 4.79 Å². The quantitative estimate of drug-likeness (QED) is 0.609. The zero-order valence-corrected chi connectivity index (χ0v) is 8.50. The first kappa shape index (κ1) is 8.04. The van der Waals surface area contributed by atoms with E-state index in [2.05, 4.69) is 13.0 Å². The van der Waals surface area contributed by atoms with E-state index in [0.717, 1.165) is 18.4 Å². The Bertz CT molecular complexity index is 432. The van der Waals surface area contributed by atoms with Gasteiger partial charge in [0.1, 0.15) is 0 Å². The number of fused-ring (bicyclic) bond motifs is 2. The lowest BCUT2D eigenvalue weighted by Crippen LogP contribution is -2.28. The Morgan fingerprint density at radius 2 is 2.07 bits per heavy atom. The van der Waals surface area contributed by atoms with E-state index < -0.39 is 0 Å². The molecule has 1 aliphatic heterocycles. The number of carbonyl (C=O) groups excluding carboxylic acids is 1. The van der Waals surface area contributed by atoms with Gasteiger partial charge in [0.15, 0.2) is 0 Å². The van der Waals surface area contributed by atoms with Crippen LogP contribution in [-0.4, -0.2) is 17.9 Å². The highest BCUT2D eigenvalue weighted by atomic mass is 16.2. The molecule has 1 spiro atoms. The summed E-state index contributed by atoms with van der Waals surface area (Å²) in [4.78, 5) is 13.8. The zero-order chi connectivity index (χ0) is 9.92. The maximum atomic E-state index is 11.9. The van der Waals surface area contributed by atoms with Crippen molar-refractivity contribution in [2.24, 2.45) is 0 Å². The van der Waals surface area contributed by atoms with E-state index in [-0.39, 0.29) is 11.4 Å². The number of hydrogen-bond acceptors (Lipinski definition) is 1. The van der Waals surface area contributed by atoms with Gasteiger partial charge in [-0.05, 0) is 31.4 Å². The van der Waals surface area contributed by atoms with Gasteiger partial charge < -0.3 is 4.90 Å². The Labute approximate surface area is 83.5 Å². The molecule has 0 radical (unpaired) electrons. The highest BCUT2D eigenvalue weighted by Gasteiger charge is 2.56. The molecule has 1 fully saturated rings. The highest BCUT2D eigenvalue weighted by molar-refractivity contribution is 6.00. The summed E-state index contributed by atoms with van der Waals surface area (Å²) in [5.41, 5.74) is 3.50. The molecule has 0 bridgehead atoms. The number of hydrogen-bond donors (Lipinski definition) is 0. The van der Waals surface area contributed by atoms with E-state index in [4.69, 9.17) is 0 Å². The van der Waals surface area contributed by atoms with Crippen LogP contribution < -0.4 is 0 Å². The molecule has 1 amide bonds. The van der Waals surface area contributed by atoms with E-state index in [1.807, 2.05) is 24.1 Å². The lowest BCUT2D eigenvalue weighted by molar-refractivity contribution is 0.0755. The lowest BCUT2D eigenvalue weighted by atomic mass is 10.0. The molecule has 14 heavy (non-hydrogen) atoms. The Kier molecular flexibility index (Phi) is 1.26. The Hall–Kier alpha value is -1.31. The number of nitrogens with zero attached hydrogens (tertiary/aromatic N) is 1. The first-order valence-electron chi connectivity index (χ1n) is 5.04. The van der Waals surface area contributed by atoms with Crippen LogP contribution >= 0.6 is 0 Å². The summed E-state index contributed by atoms with van der Waals surface area (Å²) < 4.78 is 0. The van der Waals surface area contributed by atoms with Gasteiger partial charge in [-0.1, -0.05) is 17.7 Å². The van der Waals surface area contributed by atoms with Crippen LogP contribution in [0.25, 0.3) is 0 Å². The van der Waals surface area contributed by atoms with Crippen molar-refractivity contribution in [3.8, 4) is 0 Å². The van der Waals surface area contributed by atoms with Gasteiger partial charge in [-0.25, -0.2) is 0 Å².